The molecule has 6 heteroatoms. The summed E-state index contributed by atoms with van der Waals surface area (Å²) in [4.78, 5) is 0. The van der Waals surface area contributed by atoms with Crippen LogP contribution in [0.1, 0.15) is 19.3 Å². The summed E-state index contributed by atoms with van der Waals surface area (Å²) in [6, 6.07) is 2.15. The van der Waals surface area contributed by atoms with E-state index in [4.69, 9.17) is 5.26 Å². The van der Waals surface area contributed by atoms with E-state index in [2.05, 4.69) is 6.07 Å². The highest BCUT2D eigenvalue weighted by molar-refractivity contribution is 8.01. The minimum absolute atomic E-state index is 0.00986. The molecule has 1 aliphatic heterocycles. The summed E-state index contributed by atoms with van der Waals surface area (Å²) in [5.74, 6) is 0.883. The Morgan fingerprint density at radius 2 is 2.21 bits per heavy atom. The van der Waals surface area contributed by atoms with Gasteiger partial charge in [-0.3, -0.25) is 0 Å². The predicted octanol–water partition coefficient (Wildman–Crippen LogP) is 3.42. The maximum atomic E-state index is 11.8. The van der Waals surface area contributed by atoms with Crippen molar-refractivity contribution in [2.75, 3.05) is 11.5 Å². The second kappa shape index (κ2) is 4.67. The van der Waals surface area contributed by atoms with Crippen LogP contribution in [0.2, 0.25) is 0 Å². The molecular weight excluding hydrogens is 231 g/mol. The van der Waals surface area contributed by atoms with Gasteiger partial charge in [-0.1, -0.05) is 11.8 Å². The Kier molecular flexibility index (Phi) is 4.02. The summed E-state index contributed by atoms with van der Waals surface area (Å²) in [7, 11) is 0. The molecule has 0 aliphatic carbocycles. The van der Waals surface area contributed by atoms with Gasteiger partial charge in [-0.05, 0) is 25.0 Å². The fourth-order valence-electron chi connectivity index (χ4n) is 1.37. The van der Waals surface area contributed by atoms with Crippen LogP contribution in [-0.4, -0.2) is 21.8 Å². The van der Waals surface area contributed by atoms with Crippen molar-refractivity contribution in [1.29, 1.82) is 5.26 Å². The molecule has 1 saturated heterocycles. The molecule has 80 valence electrons. The number of nitrogens with zero attached hydrogens (tertiary/aromatic N) is 1. The molecule has 1 unspecified atom stereocenters. The number of alkyl halides is 3. The molecule has 0 N–H and O–H groups in total. The lowest BCUT2D eigenvalue weighted by molar-refractivity contribution is -0.0328. The van der Waals surface area contributed by atoms with Gasteiger partial charge in [0.25, 0.3) is 0 Å². The van der Waals surface area contributed by atoms with Gasteiger partial charge in [0.1, 0.15) is 4.75 Å². The van der Waals surface area contributed by atoms with Crippen molar-refractivity contribution in [3.63, 3.8) is 0 Å². The first kappa shape index (κ1) is 12.1. The molecule has 0 amide bonds. The molecule has 1 nitrogen and oxygen atoms in total. The molecule has 0 spiro atoms. The Hall–Kier alpha value is -0.0200. The standard InChI is InChI=1S/C8H10F3NS2/c9-8(10,11)14-5-3-7(6-12)2-1-4-13-7/h1-5H2. The lowest BCUT2D eigenvalue weighted by Gasteiger charge is -2.18. The Morgan fingerprint density at radius 3 is 2.64 bits per heavy atom. The van der Waals surface area contributed by atoms with Crippen LogP contribution in [0.25, 0.3) is 0 Å². The van der Waals surface area contributed by atoms with Gasteiger partial charge in [0, 0.05) is 5.75 Å². The molecule has 1 fully saturated rings. The SMILES string of the molecule is N#CC1(CCSC(F)(F)F)CCCS1. The third-order valence-corrected chi connectivity index (χ3v) is 4.36. The van der Waals surface area contributed by atoms with E-state index in [0.717, 1.165) is 18.6 Å². The van der Waals surface area contributed by atoms with Gasteiger partial charge < -0.3 is 0 Å². The molecule has 0 aromatic heterocycles. The van der Waals surface area contributed by atoms with Crippen molar-refractivity contribution in [2.24, 2.45) is 0 Å². The van der Waals surface area contributed by atoms with Gasteiger partial charge in [-0.15, -0.1) is 11.8 Å². The van der Waals surface area contributed by atoms with E-state index >= 15 is 0 Å². The lowest BCUT2D eigenvalue weighted by Crippen LogP contribution is -2.20. The fourth-order valence-corrected chi connectivity index (χ4v) is 3.46. The minimum Gasteiger partial charge on any atom is -0.197 e. The fraction of sp³-hybridized carbons (Fsp3) is 0.875. The van der Waals surface area contributed by atoms with E-state index in [-0.39, 0.29) is 17.5 Å². The van der Waals surface area contributed by atoms with Crippen LogP contribution in [0, 0.1) is 11.3 Å². The van der Waals surface area contributed by atoms with Gasteiger partial charge in [-0.25, -0.2) is 0 Å². The van der Waals surface area contributed by atoms with E-state index in [9.17, 15) is 13.2 Å². The zero-order valence-electron chi connectivity index (χ0n) is 7.43. The topological polar surface area (TPSA) is 23.8 Å². The third kappa shape index (κ3) is 3.62. The molecule has 0 bridgehead atoms. The highest BCUT2D eigenvalue weighted by Gasteiger charge is 2.36. The molecule has 1 aliphatic rings. The van der Waals surface area contributed by atoms with E-state index in [1.165, 1.54) is 11.8 Å². The number of hydrogen-bond acceptors (Lipinski definition) is 3. The Morgan fingerprint density at radius 1 is 1.50 bits per heavy atom. The van der Waals surface area contributed by atoms with Gasteiger partial charge >= 0.3 is 5.51 Å². The monoisotopic (exact) mass is 241 g/mol. The Labute approximate surface area is 89.4 Å². The van der Waals surface area contributed by atoms with Crippen LogP contribution in [0.15, 0.2) is 0 Å². The molecule has 1 rings (SSSR count). The minimum atomic E-state index is -4.17. The van der Waals surface area contributed by atoms with Crippen LogP contribution >= 0.6 is 23.5 Å². The van der Waals surface area contributed by atoms with Crippen LogP contribution in [0.3, 0.4) is 0 Å². The van der Waals surface area contributed by atoms with E-state index in [1.807, 2.05) is 0 Å². The number of nitriles is 1. The first-order chi connectivity index (χ1) is 6.47. The number of rotatable bonds is 3. The van der Waals surface area contributed by atoms with Crippen molar-refractivity contribution < 1.29 is 13.2 Å². The summed E-state index contributed by atoms with van der Waals surface area (Å²) in [6.45, 7) is 0. The highest BCUT2D eigenvalue weighted by Crippen LogP contribution is 2.42. The molecule has 1 heterocycles. The van der Waals surface area contributed by atoms with Crippen molar-refractivity contribution in [3.05, 3.63) is 0 Å². The van der Waals surface area contributed by atoms with Crippen molar-refractivity contribution in [2.45, 2.75) is 29.5 Å². The predicted molar refractivity (Wildman–Crippen MR) is 53.2 cm³/mol. The van der Waals surface area contributed by atoms with Gasteiger partial charge in [0.2, 0.25) is 0 Å². The van der Waals surface area contributed by atoms with E-state index in [1.54, 1.807) is 0 Å². The van der Waals surface area contributed by atoms with Crippen LogP contribution in [-0.2, 0) is 0 Å². The Balaban J connectivity index is 2.33. The maximum absolute atomic E-state index is 11.8. The Bertz CT molecular complexity index is 228. The summed E-state index contributed by atoms with van der Waals surface area (Å²) in [5, 5.41) is 8.88. The number of thioether (sulfide) groups is 2. The highest BCUT2D eigenvalue weighted by atomic mass is 32.2. The summed E-state index contributed by atoms with van der Waals surface area (Å²) in [6.07, 6.45) is 2.00. The molecule has 14 heavy (non-hydrogen) atoms. The molecule has 0 aromatic carbocycles. The average Bonchev–Trinajstić information content (AvgIpc) is 2.52. The molecular formula is C8H10F3NS2. The van der Waals surface area contributed by atoms with Crippen LogP contribution in [0.4, 0.5) is 13.2 Å². The van der Waals surface area contributed by atoms with Gasteiger partial charge in [0.15, 0.2) is 0 Å². The largest absolute Gasteiger partial charge is 0.441 e. The smallest absolute Gasteiger partial charge is 0.197 e. The maximum Gasteiger partial charge on any atom is 0.441 e. The van der Waals surface area contributed by atoms with Crippen LogP contribution in [0.5, 0.6) is 0 Å². The molecule has 0 aromatic rings. The normalized spacial score (nSPS) is 27.6. The number of halogens is 3. The van der Waals surface area contributed by atoms with Crippen molar-refractivity contribution in [3.8, 4) is 6.07 Å². The molecule has 1 atom stereocenters. The lowest BCUT2D eigenvalue weighted by atomic mass is 10.0. The second-order valence-electron chi connectivity index (χ2n) is 3.10. The summed E-state index contributed by atoms with van der Waals surface area (Å²) in [5.41, 5.74) is -4.17. The quantitative estimate of drug-likeness (QED) is 0.756. The zero-order chi connectivity index (χ0) is 10.7. The first-order valence-corrected chi connectivity index (χ1v) is 6.20. The number of hydrogen-bond donors (Lipinski definition) is 0. The second-order valence-corrected chi connectivity index (χ2v) is 5.74. The zero-order valence-corrected chi connectivity index (χ0v) is 9.07. The molecule has 0 radical (unpaired) electrons. The van der Waals surface area contributed by atoms with Gasteiger partial charge in [0.05, 0.1) is 6.07 Å². The molecule has 0 saturated carbocycles. The van der Waals surface area contributed by atoms with Crippen LogP contribution < -0.4 is 0 Å². The van der Waals surface area contributed by atoms with Crippen molar-refractivity contribution in [1.82, 2.24) is 0 Å². The van der Waals surface area contributed by atoms with Crippen molar-refractivity contribution >= 4 is 23.5 Å². The first-order valence-electron chi connectivity index (χ1n) is 4.23. The average molecular weight is 241 g/mol. The summed E-state index contributed by atoms with van der Waals surface area (Å²) >= 11 is 1.47. The van der Waals surface area contributed by atoms with E-state index < -0.39 is 10.3 Å². The summed E-state index contributed by atoms with van der Waals surface area (Å²) < 4.78 is 35.0. The van der Waals surface area contributed by atoms with E-state index in [0.29, 0.717) is 6.42 Å². The third-order valence-electron chi connectivity index (χ3n) is 2.08. The van der Waals surface area contributed by atoms with Gasteiger partial charge in [-0.2, -0.15) is 18.4 Å².